The van der Waals surface area contributed by atoms with E-state index in [4.69, 9.17) is 4.42 Å². The van der Waals surface area contributed by atoms with Gasteiger partial charge in [-0.3, -0.25) is 9.59 Å². The fourth-order valence-corrected chi connectivity index (χ4v) is 3.30. The van der Waals surface area contributed by atoms with Crippen molar-refractivity contribution >= 4 is 11.8 Å². The summed E-state index contributed by atoms with van der Waals surface area (Å²) in [6.07, 6.45) is 2.54. The summed E-state index contributed by atoms with van der Waals surface area (Å²) in [5, 5.41) is 2.92. The third-order valence-corrected chi connectivity index (χ3v) is 4.59. The minimum atomic E-state index is -0.567. The normalized spacial score (nSPS) is 15.2. The first-order valence-corrected chi connectivity index (χ1v) is 8.75. The van der Waals surface area contributed by atoms with Crippen LogP contribution in [0.1, 0.15) is 40.3 Å². The molecule has 0 aliphatic carbocycles. The van der Waals surface area contributed by atoms with E-state index < -0.39 is 6.04 Å². The smallest absolute Gasteiger partial charge is 0.255 e. The maximum absolute atomic E-state index is 12.9. The number of furan rings is 1. The van der Waals surface area contributed by atoms with Crippen molar-refractivity contribution < 1.29 is 14.0 Å². The van der Waals surface area contributed by atoms with Crippen LogP contribution in [-0.4, -0.2) is 35.8 Å². The molecule has 0 saturated carbocycles. The molecule has 0 spiro atoms. The molecule has 1 N–H and O–H groups in total. The van der Waals surface area contributed by atoms with Gasteiger partial charge in [0.1, 0.15) is 17.6 Å². The standard InChI is InChI=1S/C20H24N2O3/c1-14-12-17(15(2)25-14)19(23)21-18(13-16-8-4-3-5-9-16)20(24)22-10-6-7-11-22/h3-5,8-9,12,18H,6-7,10-11,13H2,1-2H3,(H,21,23)/t18-/m0/s1. The van der Waals surface area contributed by atoms with Crippen LogP contribution < -0.4 is 5.32 Å². The molecule has 2 aromatic rings. The highest BCUT2D eigenvalue weighted by Gasteiger charge is 2.29. The Morgan fingerprint density at radius 1 is 1.16 bits per heavy atom. The number of hydrogen-bond acceptors (Lipinski definition) is 3. The maximum Gasteiger partial charge on any atom is 0.255 e. The molecule has 2 amide bonds. The van der Waals surface area contributed by atoms with E-state index in [-0.39, 0.29) is 11.8 Å². The molecule has 25 heavy (non-hydrogen) atoms. The third kappa shape index (κ3) is 4.10. The molecule has 132 valence electrons. The van der Waals surface area contributed by atoms with E-state index in [1.165, 1.54) is 0 Å². The van der Waals surface area contributed by atoms with Gasteiger partial charge in [-0.25, -0.2) is 0 Å². The topological polar surface area (TPSA) is 62.6 Å². The van der Waals surface area contributed by atoms with Gasteiger partial charge in [0.05, 0.1) is 5.56 Å². The fourth-order valence-electron chi connectivity index (χ4n) is 3.30. The minimum Gasteiger partial charge on any atom is -0.466 e. The van der Waals surface area contributed by atoms with Gasteiger partial charge in [-0.1, -0.05) is 30.3 Å². The Labute approximate surface area is 148 Å². The van der Waals surface area contributed by atoms with E-state index in [0.29, 0.717) is 23.5 Å². The zero-order valence-electron chi connectivity index (χ0n) is 14.7. The predicted octanol–water partition coefficient (Wildman–Crippen LogP) is 2.86. The summed E-state index contributed by atoms with van der Waals surface area (Å²) in [5.74, 6) is 0.991. The Kier molecular flexibility index (Phi) is 5.22. The lowest BCUT2D eigenvalue weighted by Gasteiger charge is -2.24. The van der Waals surface area contributed by atoms with Crippen LogP contribution in [-0.2, 0) is 11.2 Å². The highest BCUT2D eigenvalue weighted by Crippen LogP contribution is 2.16. The summed E-state index contributed by atoms with van der Waals surface area (Å²) in [5.41, 5.74) is 1.52. The summed E-state index contributed by atoms with van der Waals surface area (Å²) in [4.78, 5) is 27.4. The Hall–Kier alpha value is -2.56. The van der Waals surface area contributed by atoms with Crippen molar-refractivity contribution in [1.29, 1.82) is 0 Å². The van der Waals surface area contributed by atoms with Gasteiger partial charge in [-0.05, 0) is 38.3 Å². The molecule has 0 bridgehead atoms. The van der Waals surface area contributed by atoms with E-state index in [0.717, 1.165) is 31.5 Å². The summed E-state index contributed by atoms with van der Waals surface area (Å²) >= 11 is 0. The molecule has 1 aliphatic rings. The number of aryl methyl sites for hydroxylation is 2. The Morgan fingerprint density at radius 3 is 2.44 bits per heavy atom. The molecule has 1 atom stereocenters. The van der Waals surface area contributed by atoms with Crippen molar-refractivity contribution in [1.82, 2.24) is 10.2 Å². The predicted molar refractivity (Wildman–Crippen MR) is 95.4 cm³/mol. The number of likely N-dealkylation sites (tertiary alicyclic amines) is 1. The Bertz CT molecular complexity index is 746. The Morgan fingerprint density at radius 2 is 1.84 bits per heavy atom. The number of nitrogens with zero attached hydrogens (tertiary/aromatic N) is 1. The van der Waals surface area contributed by atoms with Crippen molar-refractivity contribution in [2.24, 2.45) is 0 Å². The molecule has 1 fully saturated rings. The number of benzene rings is 1. The van der Waals surface area contributed by atoms with E-state index in [2.05, 4.69) is 5.32 Å². The van der Waals surface area contributed by atoms with Gasteiger partial charge >= 0.3 is 0 Å². The van der Waals surface area contributed by atoms with Crippen LogP contribution >= 0.6 is 0 Å². The lowest BCUT2D eigenvalue weighted by atomic mass is 10.0. The molecular weight excluding hydrogens is 316 g/mol. The molecule has 0 radical (unpaired) electrons. The van der Waals surface area contributed by atoms with Gasteiger partial charge < -0.3 is 14.6 Å². The van der Waals surface area contributed by atoms with E-state index in [9.17, 15) is 9.59 Å². The molecule has 2 heterocycles. The van der Waals surface area contributed by atoms with Crippen LogP contribution in [0.2, 0.25) is 0 Å². The Balaban J connectivity index is 1.78. The number of nitrogens with one attached hydrogen (secondary N) is 1. The second-order valence-electron chi connectivity index (χ2n) is 6.58. The van der Waals surface area contributed by atoms with Crippen molar-refractivity contribution in [3.63, 3.8) is 0 Å². The van der Waals surface area contributed by atoms with Crippen molar-refractivity contribution in [3.8, 4) is 0 Å². The molecule has 1 aromatic carbocycles. The number of hydrogen-bond donors (Lipinski definition) is 1. The first kappa shape index (κ1) is 17.3. The van der Waals surface area contributed by atoms with Crippen molar-refractivity contribution in [2.45, 2.75) is 39.2 Å². The van der Waals surface area contributed by atoms with Crippen LogP contribution in [0.25, 0.3) is 0 Å². The average molecular weight is 340 g/mol. The molecule has 1 saturated heterocycles. The van der Waals surface area contributed by atoms with Gasteiger partial charge in [-0.2, -0.15) is 0 Å². The average Bonchev–Trinajstić information content (AvgIpc) is 3.24. The van der Waals surface area contributed by atoms with Gasteiger partial charge in [-0.15, -0.1) is 0 Å². The largest absolute Gasteiger partial charge is 0.466 e. The van der Waals surface area contributed by atoms with Gasteiger partial charge in [0.2, 0.25) is 5.91 Å². The minimum absolute atomic E-state index is 0.00688. The summed E-state index contributed by atoms with van der Waals surface area (Å²) < 4.78 is 5.44. The monoisotopic (exact) mass is 340 g/mol. The fraction of sp³-hybridized carbons (Fsp3) is 0.400. The third-order valence-electron chi connectivity index (χ3n) is 4.59. The van der Waals surface area contributed by atoms with Crippen LogP contribution in [0.5, 0.6) is 0 Å². The van der Waals surface area contributed by atoms with Crippen molar-refractivity contribution in [3.05, 3.63) is 59.0 Å². The van der Waals surface area contributed by atoms with Gasteiger partial charge in [0, 0.05) is 19.5 Å². The SMILES string of the molecule is Cc1cc(C(=O)N[C@@H](Cc2ccccc2)C(=O)N2CCCC2)c(C)o1. The number of rotatable bonds is 5. The highest BCUT2D eigenvalue weighted by molar-refractivity contribution is 5.98. The molecule has 5 heteroatoms. The molecular formula is C20H24N2O3. The zero-order valence-corrected chi connectivity index (χ0v) is 14.7. The first-order valence-electron chi connectivity index (χ1n) is 8.75. The molecule has 0 unspecified atom stereocenters. The van der Waals surface area contributed by atoms with E-state index in [1.807, 2.05) is 35.2 Å². The quantitative estimate of drug-likeness (QED) is 0.910. The van der Waals surface area contributed by atoms with Crippen LogP contribution in [0.4, 0.5) is 0 Å². The van der Waals surface area contributed by atoms with Crippen LogP contribution in [0.15, 0.2) is 40.8 Å². The summed E-state index contributed by atoms with van der Waals surface area (Å²) in [6, 6.07) is 10.9. The molecule has 5 nitrogen and oxygen atoms in total. The molecule has 1 aliphatic heterocycles. The number of carbonyl (C=O) groups is 2. The van der Waals surface area contributed by atoms with Crippen LogP contribution in [0.3, 0.4) is 0 Å². The maximum atomic E-state index is 12.9. The van der Waals surface area contributed by atoms with E-state index >= 15 is 0 Å². The van der Waals surface area contributed by atoms with Gasteiger partial charge in [0.25, 0.3) is 5.91 Å². The summed E-state index contributed by atoms with van der Waals surface area (Å²) in [6.45, 7) is 5.10. The van der Waals surface area contributed by atoms with E-state index in [1.54, 1.807) is 19.9 Å². The first-order chi connectivity index (χ1) is 12.0. The van der Waals surface area contributed by atoms with Gasteiger partial charge in [0.15, 0.2) is 0 Å². The highest BCUT2D eigenvalue weighted by atomic mass is 16.3. The lowest BCUT2D eigenvalue weighted by Crippen LogP contribution is -2.49. The van der Waals surface area contributed by atoms with Crippen molar-refractivity contribution in [2.75, 3.05) is 13.1 Å². The zero-order chi connectivity index (χ0) is 17.8. The molecule has 1 aromatic heterocycles. The van der Waals surface area contributed by atoms with Crippen LogP contribution in [0, 0.1) is 13.8 Å². The number of amides is 2. The molecule has 3 rings (SSSR count). The second kappa shape index (κ2) is 7.55. The lowest BCUT2D eigenvalue weighted by molar-refractivity contribution is -0.132. The summed E-state index contributed by atoms with van der Waals surface area (Å²) in [7, 11) is 0. The second-order valence-corrected chi connectivity index (χ2v) is 6.58. The number of carbonyl (C=O) groups excluding carboxylic acids is 2.